The van der Waals surface area contributed by atoms with Crippen LogP contribution >= 0.6 is 0 Å². The van der Waals surface area contributed by atoms with Crippen molar-refractivity contribution in [1.82, 2.24) is 15.1 Å². The minimum absolute atomic E-state index is 0.0201. The summed E-state index contributed by atoms with van der Waals surface area (Å²) in [6.07, 6.45) is 2.95. The molecule has 0 spiro atoms. The Bertz CT molecular complexity index is 735. The largest absolute Gasteiger partial charge is 0.461 e. The molecule has 1 N–H and O–H groups in total. The van der Waals surface area contributed by atoms with Gasteiger partial charge in [-0.3, -0.25) is 9.59 Å². The molecule has 1 amide bonds. The van der Waals surface area contributed by atoms with E-state index in [4.69, 9.17) is 4.74 Å². The maximum absolute atomic E-state index is 11.8. The fourth-order valence-corrected chi connectivity index (χ4v) is 2.70. The lowest BCUT2D eigenvalue weighted by Gasteiger charge is -2.08. The summed E-state index contributed by atoms with van der Waals surface area (Å²) < 4.78 is 7.21. The first kappa shape index (κ1) is 19.7. The molecule has 6 heteroatoms. The van der Waals surface area contributed by atoms with Crippen LogP contribution in [0.1, 0.15) is 49.6 Å². The number of amides is 1. The number of hydrogen-bond donors (Lipinski definition) is 1. The van der Waals surface area contributed by atoms with Gasteiger partial charge < -0.3 is 10.1 Å². The highest BCUT2D eigenvalue weighted by Gasteiger charge is 2.06. The van der Waals surface area contributed by atoms with Gasteiger partial charge in [-0.25, -0.2) is 4.68 Å². The molecule has 0 saturated heterocycles. The third kappa shape index (κ3) is 6.35. The first-order chi connectivity index (χ1) is 12.5. The van der Waals surface area contributed by atoms with Crippen LogP contribution < -0.4 is 5.32 Å². The van der Waals surface area contributed by atoms with Gasteiger partial charge >= 0.3 is 5.97 Å². The number of unbranched alkanes of at least 4 members (excludes halogenated alkanes) is 2. The third-order valence-corrected chi connectivity index (χ3v) is 4.02. The predicted molar refractivity (Wildman–Crippen MR) is 100.0 cm³/mol. The topological polar surface area (TPSA) is 73.2 Å². The SMILES string of the molecule is CC(=O)NCCCCCC(=O)OCc1ccc(-n2nc(C)cc2C)cc1. The van der Waals surface area contributed by atoms with E-state index in [2.05, 4.69) is 10.4 Å². The Labute approximate surface area is 154 Å². The van der Waals surface area contributed by atoms with Crippen LogP contribution in [0.2, 0.25) is 0 Å². The summed E-state index contributed by atoms with van der Waals surface area (Å²) in [5, 5.41) is 7.20. The number of esters is 1. The Morgan fingerprint density at radius 1 is 1.12 bits per heavy atom. The molecule has 0 bridgehead atoms. The Morgan fingerprint density at radius 2 is 1.85 bits per heavy atom. The Kier molecular flexibility index (Phi) is 7.38. The number of ether oxygens (including phenoxy) is 1. The first-order valence-electron chi connectivity index (χ1n) is 8.98. The minimum Gasteiger partial charge on any atom is -0.461 e. The highest BCUT2D eigenvalue weighted by molar-refractivity contribution is 5.72. The third-order valence-electron chi connectivity index (χ3n) is 4.02. The molecule has 0 aliphatic rings. The average Bonchev–Trinajstić information content (AvgIpc) is 2.94. The van der Waals surface area contributed by atoms with E-state index in [0.717, 1.165) is 41.9 Å². The molecule has 0 radical (unpaired) electrons. The van der Waals surface area contributed by atoms with Crippen LogP contribution in [0.15, 0.2) is 30.3 Å². The zero-order valence-electron chi connectivity index (χ0n) is 15.7. The van der Waals surface area contributed by atoms with Crippen molar-refractivity contribution in [2.45, 2.75) is 53.1 Å². The summed E-state index contributed by atoms with van der Waals surface area (Å²) in [5.74, 6) is -0.208. The van der Waals surface area contributed by atoms with Crippen molar-refractivity contribution >= 4 is 11.9 Å². The Hall–Kier alpha value is -2.63. The standard InChI is InChI=1S/C20H27N3O3/c1-15-13-16(2)23(22-15)19-10-8-18(9-11-19)14-26-20(25)7-5-4-6-12-21-17(3)24/h8-11,13H,4-7,12,14H2,1-3H3,(H,21,24). The van der Waals surface area contributed by atoms with Gasteiger partial charge in [0.1, 0.15) is 6.61 Å². The first-order valence-corrected chi connectivity index (χ1v) is 8.98. The van der Waals surface area contributed by atoms with Crippen molar-refractivity contribution in [1.29, 1.82) is 0 Å². The monoisotopic (exact) mass is 357 g/mol. The van der Waals surface area contributed by atoms with Crippen molar-refractivity contribution in [2.24, 2.45) is 0 Å². The van der Waals surface area contributed by atoms with E-state index in [1.165, 1.54) is 6.92 Å². The lowest BCUT2D eigenvalue weighted by molar-refractivity contribution is -0.145. The molecule has 0 fully saturated rings. The summed E-state index contributed by atoms with van der Waals surface area (Å²) in [6.45, 7) is 6.43. The van der Waals surface area contributed by atoms with E-state index in [1.54, 1.807) is 0 Å². The number of benzene rings is 1. The molecule has 0 aliphatic heterocycles. The molecule has 0 atom stereocenters. The van der Waals surface area contributed by atoms with Gasteiger partial charge in [0.25, 0.3) is 0 Å². The Morgan fingerprint density at radius 3 is 2.46 bits per heavy atom. The van der Waals surface area contributed by atoms with Crippen LogP contribution in [0.5, 0.6) is 0 Å². The minimum atomic E-state index is -0.188. The number of aryl methyl sites for hydroxylation is 2. The fourth-order valence-electron chi connectivity index (χ4n) is 2.70. The summed E-state index contributed by atoms with van der Waals surface area (Å²) in [6, 6.07) is 9.89. The van der Waals surface area contributed by atoms with E-state index in [1.807, 2.05) is 48.9 Å². The summed E-state index contributed by atoms with van der Waals surface area (Å²) >= 11 is 0. The van der Waals surface area contributed by atoms with Crippen LogP contribution in [-0.4, -0.2) is 28.2 Å². The summed E-state index contributed by atoms with van der Waals surface area (Å²) in [4.78, 5) is 22.5. The number of rotatable bonds is 9. The molecular formula is C20H27N3O3. The van der Waals surface area contributed by atoms with Crippen molar-refractivity contribution in [3.63, 3.8) is 0 Å². The molecular weight excluding hydrogens is 330 g/mol. The lowest BCUT2D eigenvalue weighted by atomic mass is 10.2. The van der Waals surface area contributed by atoms with E-state index in [9.17, 15) is 9.59 Å². The molecule has 1 aromatic heterocycles. The molecule has 0 unspecified atom stereocenters. The molecule has 1 aromatic carbocycles. The quantitative estimate of drug-likeness (QED) is 0.552. The molecule has 2 rings (SSSR count). The second-order valence-electron chi connectivity index (χ2n) is 6.46. The maximum atomic E-state index is 11.8. The lowest BCUT2D eigenvalue weighted by Crippen LogP contribution is -2.20. The van der Waals surface area contributed by atoms with Gasteiger partial charge in [0.2, 0.25) is 5.91 Å². The van der Waals surface area contributed by atoms with Gasteiger partial charge in [-0.05, 0) is 50.5 Å². The highest BCUT2D eigenvalue weighted by atomic mass is 16.5. The van der Waals surface area contributed by atoms with Gasteiger partial charge in [0.05, 0.1) is 11.4 Å². The molecule has 1 heterocycles. The second kappa shape index (κ2) is 9.75. The molecule has 2 aromatic rings. The van der Waals surface area contributed by atoms with Gasteiger partial charge in [-0.15, -0.1) is 0 Å². The maximum Gasteiger partial charge on any atom is 0.306 e. The van der Waals surface area contributed by atoms with Crippen molar-refractivity contribution in [2.75, 3.05) is 6.54 Å². The number of aromatic nitrogens is 2. The summed E-state index contributed by atoms with van der Waals surface area (Å²) in [5.41, 5.74) is 4.01. The number of carbonyl (C=O) groups is 2. The zero-order chi connectivity index (χ0) is 18.9. The second-order valence-corrected chi connectivity index (χ2v) is 6.46. The molecule has 0 saturated carbocycles. The van der Waals surface area contributed by atoms with Crippen LogP contribution in [-0.2, 0) is 20.9 Å². The predicted octanol–water partition coefficient (Wildman–Crippen LogP) is 3.23. The smallest absolute Gasteiger partial charge is 0.306 e. The molecule has 26 heavy (non-hydrogen) atoms. The van der Waals surface area contributed by atoms with Crippen molar-refractivity contribution in [3.8, 4) is 5.69 Å². The number of carbonyl (C=O) groups excluding carboxylic acids is 2. The number of hydrogen-bond acceptors (Lipinski definition) is 4. The van der Waals surface area contributed by atoms with Crippen molar-refractivity contribution < 1.29 is 14.3 Å². The number of nitrogens with one attached hydrogen (secondary N) is 1. The molecule has 0 aliphatic carbocycles. The number of nitrogens with zero attached hydrogens (tertiary/aromatic N) is 2. The van der Waals surface area contributed by atoms with E-state index in [0.29, 0.717) is 13.0 Å². The van der Waals surface area contributed by atoms with Gasteiger partial charge in [0, 0.05) is 25.6 Å². The molecule has 140 valence electrons. The van der Waals surface area contributed by atoms with Gasteiger partial charge in [-0.1, -0.05) is 18.6 Å². The van der Waals surface area contributed by atoms with Crippen LogP contribution in [0.4, 0.5) is 0 Å². The highest BCUT2D eigenvalue weighted by Crippen LogP contribution is 2.14. The van der Waals surface area contributed by atoms with Crippen LogP contribution in [0.25, 0.3) is 5.69 Å². The van der Waals surface area contributed by atoms with E-state index in [-0.39, 0.29) is 18.5 Å². The average molecular weight is 357 g/mol. The van der Waals surface area contributed by atoms with Gasteiger partial charge in [-0.2, -0.15) is 5.10 Å². The Balaban J connectivity index is 1.70. The van der Waals surface area contributed by atoms with Gasteiger partial charge in [0.15, 0.2) is 0 Å². The van der Waals surface area contributed by atoms with Crippen molar-refractivity contribution in [3.05, 3.63) is 47.3 Å². The zero-order valence-corrected chi connectivity index (χ0v) is 15.7. The normalized spacial score (nSPS) is 10.6. The fraction of sp³-hybridized carbons (Fsp3) is 0.450. The molecule has 6 nitrogen and oxygen atoms in total. The van der Waals surface area contributed by atoms with E-state index < -0.39 is 0 Å². The van der Waals surface area contributed by atoms with E-state index >= 15 is 0 Å². The van der Waals surface area contributed by atoms with Crippen LogP contribution in [0, 0.1) is 13.8 Å². The van der Waals surface area contributed by atoms with Crippen LogP contribution in [0.3, 0.4) is 0 Å². The summed E-state index contributed by atoms with van der Waals surface area (Å²) in [7, 11) is 0.